The lowest BCUT2D eigenvalue weighted by Gasteiger charge is -2.15. The maximum absolute atomic E-state index is 11.0. The van der Waals surface area contributed by atoms with Crippen LogP contribution in [0.4, 0.5) is 0 Å². The molecule has 0 amide bonds. The van der Waals surface area contributed by atoms with Gasteiger partial charge in [-0.1, -0.05) is 0 Å². The Kier molecular flexibility index (Phi) is 8.85. The number of aliphatic hydroxyl groups excluding tert-OH is 1. The molecule has 0 aromatic rings. The normalized spacial score (nSPS) is 14.7. The van der Waals surface area contributed by atoms with Crippen molar-refractivity contribution in [3.8, 4) is 0 Å². The molecule has 0 radical (unpaired) electrons. The van der Waals surface area contributed by atoms with Gasteiger partial charge < -0.3 is 15.2 Å². The van der Waals surface area contributed by atoms with Crippen LogP contribution < -0.4 is 5.32 Å². The number of esters is 1. The van der Waals surface area contributed by atoms with Crippen molar-refractivity contribution in [3.63, 3.8) is 0 Å². The first-order chi connectivity index (χ1) is 7.10. The lowest BCUT2D eigenvalue weighted by molar-refractivity contribution is -0.145. The Bertz CT molecular complexity index is 178. The van der Waals surface area contributed by atoms with Gasteiger partial charge in [0.1, 0.15) is 0 Å². The van der Waals surface area contributed by atoms with Gasteiger partial charge in [-0.3, -0.25) is 4.79 Å². The molecule has 2 N–H and O–H groups in total. The number of aliphatic hydroxyl groups is 1. The third-order valence-electron chi connectivity index (χ3n) is 1.83. The van der Waals surface area contributed by atoms with E-state index < -0.39 is 6.10 Å². The van der Waals surface area contributed by atoms with Crippen molar-refractivity contribution in [2.45, 2.75) is 32.4 Å². The van der Waals surface area contributed by atoms with E-state index in [0.29, 0.717) is 19.2 Å². The molecule has 0 saturated heterocycles. The summed E-state index contributed by atoms with van der Waals surface area (Å²) in [5.74, 6) is 0.649. The Hall–Kier alpha value is -0.260. The molecule has 2 unspecified atom stereocenters. The molecular formula is C10H21NO3S. The molecule has 0 aliphatic rings. The monoisotopic (exact) mass is 235 g/mol. The zero-order chi connectivity index (χ0) is 11.7. The second-order valence-corrected chi connectivity index (χ2v) is 4.34. The van der Waals surface area contributed by atoms with Crippen LogP contribution in [-0.2, 0) is 9.53 Å². The van der Waals surface area contributed by atoms with E-state index >= 15 is 0 Å². The van der Waals surface area contributed by atoms with Gasteiger partial charge in [0.15, 0.2) is 0 Å². The quantitative estimate of drug-likeness (QED) is 0.605. The molecule has 0 spiro atoms. The number of carbonyl (C=O) groups is 1. The molecule has 2 atom stereocenters. The molecule has 0 rings (SSSR count). The fourth-order valence-electron chi connectivity index (χ4n) is 1.13. The third kappa shape index (κ3) is 8.72. The van der Waals surface area contributed by atoms with Gasteiger partial charge in [-0.05, 0) is 20.1 Å². The summed E-state index contributed by atoms with van der Waals surface area (Å²) in [5, 5.41) is 12.6. The van der Waals surface area contributed by atoms with Crippen LogP contribution in [0.2, 0.25) is 0 Å². The van der Waals surface area contributed by atoms with E-state index in [1.54, 1.807) is 18.7 Å². The maximum Gasteiger partial charge on any atom is 0.308 e. The topological polar surface area (TPSA) is 58.6 Å². The van der Waals surface area contributed by atoms with E-state index in [0.717, 1.165) is 5.75 Å². The minimum atomic E-state index is -0.659. The highest BCUT2D eigenvalue weighted by Crippen LogP contribution is 1.98. The van der Waals surface area contributed by atoms with Crippen molar-refractivity contribution in [1.29, 1.82) is 0 Å². The summed E-state index contributed by atoms with van der Waals surface area (Å²) < 4.78 is 4.74. The molecule has 0 fully saturated rings. The third-order valence-corrected chi connectivity index (χ3v) is 2.66. The van der Waals surface area contributed by atoms with E-state index in [2.05, 4.69) is 5.32 Å². The van der Waals surface area contributed by atoms with Crippen molar-refractivity contribution in [3.05, 3.63) is 0 Å². The van der Waals surface area contributed by atoms with Crippen LogP contribution >= 0.6 is 11.8 Å². The van der Waals surface area contributed by atoms with Crippen molar-refractivity contribution in [2.24, 2.45) is 0 Å². The minimum Gasteiger partial charge on any atom is -0.466 e. The van der Waals surface area contributed by atoms with Gasteiger partial charge in [-0.2, -0.15) is 11.8 Å². The van der Waals surface area contributed by atoms with Gasteiger partial charge in [0.05, 0.1) is 19.1 Å². The number of carbonyl (C=O) groups excluding carboxylic acids is 1. The van der Waals surface area contributed by atoms with Gasteiger partial charge in [0.25, 0.3) is 0 Å². The van der Waals surface area contributed by atoms with E-state index in [4.69, 9.17) is 4.74 Å². The summed E-state index contributed by atoms with van der Waals surface area (Å²) in [4.78, 5) is 11.0. The molecule has 0 aliphatic heterocycles. The first-order valence-corrected chi connectivity index (χ1v) is 6.55. The molecule has 0 bridgehead atoms. The van der Waals surface area contributed by atoms with E-state index in [-0.39, 0.29) is 12.4 Å². The van der Waals surface area contributed by atoms with Gasteiger partial charge in [-0.15, -0.1) is 0 Å². The van der Waals surface area contributed by atoms with Crippen LogP contribution in [-0.4, -0.2) is 48.4 Å². The molecule has 0 aliphatic carbocycles. The Labute approximate surface area is 95.8 Å². The summed E-state index contributed by atoms with van der Waals surface area (Å²) in [5.41, 5.74) is 0. The first kappa shape index (κ1) is 14.7. The second kappa shape index (κ2) is 9.00. The molecule has 90 valence electrons. The molecule has 0 aromatic heterocycles. The highest BCUT2D eigenvalue weighted by molar-refractivity contribution is 7.98. The van der Waals surface area contributed by atoms with E-state index in [1.165, 1.54) is 0 Å². The van der Waals surface area contributed by atoms with Crippen molar-refractivity contribution < 1.29 is 14.6 Å². The Morgan fingerprint density at radius 3 is 2.80 bits per heavy atom. The molecule has 0 saturated carbocycles. The predicted octanol–water partition coefficient (Wildman–Crippen LogP) is 0.642. The summed E-state index contributed by atoms with van der Waals surface area (Å²) in [6.45, 7) is 4.60. The van der Waals surface area contributed by atoms with Crippen LogP contribution in [0.3, 0.4) is 0 Å². The largest absolute Gasteiger partial charge is 0.466 e. The zero-order valence-electron chi connectivity index (χ0n) is 9.66. The summed E-state index contributed by atoms with van der Waals surface area (Å²) in [7, 11) is 0. The average molecular weight is 235 g/mol. The standard InChI is InChI=1S/C10H21NO3S/c1-4-14-10(13)5-9(12)6-11-8(2)7-15-3/h8-9,11-12H,4-7H2,1-3H3. The van der Waals surface area contributed by atoms with Crippen LogP contribution in [0.15, 0.2) is 0 Å². The number of rotatable bonds is 8. The first-order valence-electron chi connectivity index (χ1n) is 5.16. The van der Waals surface area contributed by atoms with Gasteiger partial charge >= 0.3 is 5.97 Å². The fourth-order valence-corrected chi connectivity index (χ4v) is 1.75. The minimum absolute atomic E-state index is 0.0623. The van der Waals surface area contributed by atoms with Crippen molar-refractivity contribution in [1.82, 2.24) is 5.32 Å². The molecule has 15 heavy (non-hydrogen) atoms. The van der Waals surface area contributed by atoms with E-state index in [9.17, 15) is 9.90 Å². The van der Waals surface area contributed by atoms with Gasteiger partial charge in [-0.25, -0.2) is 0 Å². The molecule has 4 nitrogen and oxygen atoms in total. The zero-order valence-corrected chi connectivity index (χ0v) is 10.5. The average Bonchev–Trinajstić information content (AvgIpc) is 2.15. The van der Waals surface area contributed by atoms with Crippen LogP contribution in [0.1, 0.15) is 20.3 Å². The Morgan fingerprint density at radius 1 is 1.60 bits per heavy atom. The van der Waals surface area contributed by atoms with Gasteiger partial charge in [0, 0.05) is 18.3 Å². The van der Waals surface area contributed by atoms with Gasteiger partial charge in [0.2, 0.25) is 0 Å². The molecular weight excluding hydrogens is 214 g/mol. The SMILES string of the molecule is CCOC(=O)CC(O)CNC(C)CSC. The summed E-state index contributed by atoms with van der Waals surface area (Å²) >= 11 is 1.75. The smallest absolute Gasteiger partial charge is 0.308 e. The summed E-state index contributed by atoms with van der Waals surface area (Å²) in [6.07, 6.45) is 1.44. The lowest BCUT2D eigenvalue weighted by Crippen LogP contribution is -2.36. The Balaban J connectivity index is 3.56. The Morgan fingerprint density at radius 2 is 2.27 bits per heavy atom. The second-order valence-electron chi connectivity index (χ2n) is 3.43. The van der Waals surface area contributed by atoms with Crippen LogP contribution in [0.5, 0.6) is 0 Å². The lowest BCUT2D eigenvalue weighted by atomic mass is 10.2. The van der Waals surface area contributed by atoms with Crippen molar-refractivity contribution >= 4 is 17.7 Å². The molecule has 0 aromatic carbocycles. The number of hydrogen-bond acceptors (Lipinski definition) is 5. The molecule has 5 heteroatoms. The van der Waals surface area contributed by atoms with Crippen LogP contribution in [0, 0.1) is 0 Å². The number of hydrogen-bond donors (Lipinski definition) is 2. The fraction of sp³-hybridized carbons (Fsp3) is 0.900. The maximum atomic E-state index is 11.0. The van der Waals surface area contributed by atoms with E-state index in [1.807, 2.05) is 13.2 Å². The van der Waals surface area contributed by atoms with Crippen LogP contribution in [0.25, 0.3) is 0 Å². The number of thioether (sulfide) groups is 1. The number of ether oxygens (including phenoxy) is 1. The molecule has 0 heterocycles. The summed E-state index contributed by atoms with van der Waals surface area (Å²) in [6, 6.07) is 0.344. The predicted molar refractivity (Wildman–Crippen MR) is 63.1 cm³/mol. The highest BCUT2D eigenvalue weighted by Gasteiger charge is 2.12. The number of nitrogens with one attached hydrogen (secondary N) is 1. The van der Waals surface area contributed by atoms with Crippen molar-refractivity contribution in [2.75, 3.05) is 25.2 Å². The highest BCUT2D eigenvalue weighted by atomic mass is 32.2.